The van der Waals surface area contributed by atoms with Crippen molar-refractivity contribution in [3.63, 3.8) is 0 Å². The minimum Gasteiger partial charge on any atom is -1.00 e. The van der Waals surface area contributed by atoms with E-state index in [0.717, 1.165) is 5.56 Å². The average Bonchev–Trinajstić information content (AvgIpc) is 2.09. The Bertz CT molecular complexity index is 279. The number of hydrogen-bond donors (Lipinski definition) is 1. The summed E-state index contributed by atoms with van der Waals surface area (Å²) < 4.78 is 17.1. The zero-order chi connectivity index (χ0) is 8.97. The molecule has 0 radical (unpaired) electrons. The van der Waals surface area contributed by atoms with Crippen molar-refractivity contribution in [2.24, 2.45) is 0 Å². The van der Waals surface area contributed by atoms with E-state index in [1.807, 2.05) is 0 Å². The van der Waals surface area contributed by atoms with Gasteiger partial charge in [-0.1, -0.05) is 12.1 Å². The molecule has 1 aromatic rings. The molecule has 0 spiro atoms. The molecule has 0 fully saturated rings. The largest absolute Gasteiger partial charge is 1.00 e. The van der Waals surface area contributed by atoms with E-state index in [2.05, 4.69) is 4.74 Å². The van der Waals surface area contributed by atoms with Crippen molar-refractivity contribution in [3.8, 4) is 0 Å². The second-order valence-corrected chi connectivity index (χ2v) is 2.43. The number of rotatable bonds is 2. The zero-order valence-corrected chi connectivity index (χ0v) is 7.94. The molecule has 2 nitrogen and oxygen atoms in total. The molecule has 0 saturated carbocycles. The van der Waals surface area contributed by atoms with Crippen molar-refractivity contribution >= 4 is 5.90 Å². The molecular weight excluding hydrogens is 193 g/mol. The highest BCUT2D eigenvalue weighted by Gasteiger charge is 1.98. The first-order valence-corrected chi connectivity index (χ1v) is 3.58. The summed E-state index contributed by atoms with van der Waals surface area (Å²) in [6, 6.07) is 6.03. The van der Waals surface area contributed by atoms with Gasteiger partial charge in [0.25, 0.3) is 0 Å². The van der Waals surface area contributed by atoms with Gasteiger partial charge in [0.2, 0.25) is 0 Å². The molecule has 0 aromatic heterocycles. The Morgan fingerprint density at radius 3 is 2.46 bits per heavy atom. The third kappa shape index (κ3) is 3.90. The van der Waals surface area contributed by atoms with Crippen molar-refractivity contribution < 1.29 is 23.0 Å². The minimum absolute atomic E-state index is 0. The van der Waals surface area contributed by atoms with E-state index in [0.29, 0.717) is 6.42 Å². The molecule has 0 aliphatic rings. The summed E-state index contributed by atoms with van der Waals surface area (Å²) >= 11 is 0. The maximum Gasteiger partial charge on any atom is 1.00 e. The van der Waals surface area contributed by atoms with Crippen LogP contribution in [-0.2, 0) is 11.2 Å². The van der Waals surface area contributed by atoms with Gasteiger partial charge < -0.3 is 17.1 Å². The van der Waals surface area contributed by atoms with Crippen LogP contribution in [0.1, 0.15) is 6.99 Å². The Kier molecular flexibility index (Phi) is 5.07. The summed E-state index contributed by atoms with van der Waals surface area (Å²) in [6.45, 7) is 0. The van der Waals surface area contributed by atoms with Crippen molar-refractivity contribution in [2.75, 3.05) is 7.11 Å². The topological polar surface area (TPSA) is 33.1 Å². The number of hydrogen-bond acceptors (Lipinski definition) is 2. The highest BCUT2D eigenvalue weighted by atomic mass is 35.5. The number of methoxy groups -OCH3 is 1. The van der Waals surface area contributed by atoms with E-state index in [9.17, 15) is 4.39 Å². The van der Waals surface area contributed by atoms with E-state index < -0.39 is 0 Å². The van der Waals surface area contributed by atoms with Crippen LogP contribution in [0.5, 0.6) is 0 Å². The summed E-state index contributed by atoms with van der Waals surface area (Å²) in [5, 5.41) is 7.21. The Labute approximate surface area is 84.1 Å². The van der Waals surface area contributed by atoms with Gasteiger partial charge in [-0.15, -0.1) is 0 Å². The SMILES string of the molecule is COC(=N)Cc1ccc(F)cc1.[Cl-].[H+]. The van der Waals surface area contributed by atoms with Crippen molar-refractivity contribution in [1.29, 1.82) is 5.41 Å². The van der Waals surface area contributed by atoms with Crippen LogP contribution in [0.25, 0.3) is 0 Å². The van der Waals surface area contributed by atoms with E-state index in [1.54, 1.807) is 12.1 Å². The van der Waals surface area contributed by atoms with Crippen LogP contribution in [0.3, 0.4) is 0 Å². The van der Waals surface area contributed by atoms with Gasteiger partial charge >= 0.3 is 1.43 Å². The lowest BCUT2D eigenvalue weighted by molar-refractivity contribution is -0.00000396. The standard InChI is InChI=1S/C9H10FNO.ClH/c1-12-9(11)6-7-2-4-8(10)5-3-7;/h2-5,11H,6H2,1H3;1H. The number of ether oxygens (including phenoxy) is 1. The quantitative estimate of drug-likeness (QED) is 0.491. The number of nitrogens with one attached hydrogen (secondary N) is 1. The van der Waals surface area contributed by atoms with Gasteiger partial charge in [0.15, 0.2) is 5.90 Å². The van der Waals surface area contributed by atoms with Crippen molar-refractivity contribution in [3.05, 3.63) is 35.6 Å². The predicted octanol–water partition coefficient (Wildman–Crippen LogP) is -0.892. The Balaban J connectivity index is 0. The molecule has 1 aromatic carbocycles. The first-order chi connectivity index (χ1) is 5.72. The first-order valence-electron chi connectivity index (χ1n) is 3.58. The van der Waals surface area contributed by atoms with Crippen LogP contribution in [0.4, 0.5) is 4.39 Å². The van der Waals surface area contributed by atoms with Crippen LogP contribution in [-0.4, -0.2) is 13.0 Å². The monoisotopic (exact) mass is 203 g/mol. The fourth-order valence-corrected chi connectivity index (χ4v) is 0.860. The third-order valence-corrected chi connectivity index (χ3v) is 1.52. The highest BCUT2D eigenvalue weighted by Crippen LogP contribution is 2.03. The molecule has 1 rings (SSSR count). The molecule has 0 bridgehead atoms. The van der Waals surface area contributed by atoms with Crippen LogP contribution < -0.4 is 12.4 Å². The molecule has 4 heteroatoms. The first kappa shape index (κ1) is 11.9. The van der Waals surface area contributed by atoms with Gasteiger partial charge in [-0.2, -0.15) is 0 Å². The fraction of sp³-hybridized carbons (Fsp3) is 0.222. The van der Waals surface area contributed by atoms with Crippen LogP contribution in [0.15, 0.2) is 24.3 Å². The maximum absolute atomic E-state index is 12.4. The Hall–Kier alpha value is -1.09. The zero-order valence-electron chi connectivity index (χ0n) is 8.18. The lowest BCUT2D eigenvalue weighted by atomic mass is 10.1. The summed E-state index contributed by atoms with van der Waals surface area (Å²) in [5.74, 6) is -0.0793. The lowest BCUT2D eigenvalue weighted by Gasteiger charge is -2.01. The molecule has 13 heavy (non-hydrogen) atoms. The number of halogens is 2. The molecule has 0 aliphatic heterocycles. The Morgan fingerprint density at radius 2 is 2.00 bits per heavy atom. The van der Waals surface area contributed by atoms with Crippen LogP contribution >= 0.6 is 0 Å². The second kappa shape index (κ2) is 5.54. The fourth-order valence-electron chi connectivity index (χ4n) is 0.860. The molecule has 1 N–H and O–H groups in total. The van der Waals surface area contributed by atoms with E-state index in [1.165, 1.54) is 19.2 Å². The van der Waals surface area contributed by atoms with Gasteiger partial charge in [-0.05, 0) is 17.7 Å². The highest BCUT2D eigenvalue weighted by molar-refractivity contribution is 5.75. The smallest absolute Gasteiger partial charge is 1.00 e. The van der Waals surface area contributed by atoms with E-state index >= 15 is 0 Å². The average molecular weight is 204 g/mol. The van der Waals surface area contributed by atoms with Crippen molar-refractivity contribution in [2.45, 2.75) is 6.42 Å². The predicted molar refractivity (Wildman–Crippen MR) is 46.0 cm³/mol. The lowest BCUT2D eigenvalue weighted by Crippen LogP contribution is -3.00. The molecule has 0 unspecified atom stereocenters. The summed E-state index contributed by atoms with van der Waals surface area (Å²) in [5.41, 5.74) is 0.878. The normalized spacial score (nSPS) is 8.77. The summed E-state index contributed by atoms with van der Waals surface area (Å²) in [4.78, 5) is 0. The molecule has 0 amide bonds. The van der Waals surface area contributed by atoms with Gasteiger partial charge in [0.05, 0.1) is 7.11 Å². The molecule has 0 saturated heterocycles. The summed E-state index contributed by atoms with van der Waals surface area (Å²) in [7, 11) is 1.45. The molecule has 0 heterocycles. The molecular formula is C9H11ClFNO. The third-order valence-electron chi connectivity index (χ3n) is 1.52. The maximum atomic E-state index is 12.4. The van der Waals surface area contributed by atoms with E-state index in [4.69, 9.17) is 5.41 Å². The van der Waals surface area contributed by atoms with E-state index in [-0.39, 0.29) is 25.5 Å². The van der Waals surface area contributed by atoms with Crippen LogP contribution in [0.2, 0.25) is 0 Å². The molecule has 0 atom stereocenters. The van der Waals surface area contributed by atoms with Gasteiger partial charge in [-0.25, -0.2) is 4.39 Å². The minimum atomic E-state index is -0.261. The van der Waals surface area contributed by atoms with Gasteiger partial charge in [0.1, 0.15) is 5.82 Å². The Morgan fingerprint density at radius 1 is 1.46 bits per heavy atom. The summed E-state index contributed by atoms with van der Waals surface area (Å²) in [6.07, 6.45) is 0.413. The van der Waals surface area contributed by atoms with Gasteiger partial charge in [-0.3, -0.25) is 5.41 Å². The molecule has 72 valence electrons. The van der Waals surface area contributed by atoms with Crippen LogP contribution in [0, 0.1) is 11.2 Å². The van der Waals surface area contributed by atoms with Crippen molar-refractivity contribution in [1.82, 2.24) is 0 Å². The molecule has 0 aliphatic carbocycles. The number of benzene rings is 1. The second-order valence-electron chi connectivity index (χ2n) is 2.43. The van der Waals surface area contributed by atoms with Gasteiger partial charge in [0, 0.05) is 6.42 Å².